The normalized spacial score (nSPS) is 11.7. The zero-order valence-corrected chi connectivity index (χ0v) is 11.5. The van der Waals surface area contributed by atoms with Gasteiger partial charge in [0.25, 0.3) is 0 Å². The van der Waals surface area contributed by atoms with E-state index in [1.807, 2.05) is 25.1 Å². The molecule has 0 bridgehead atoms. The summed E-state index contributed by atoms with van der Waals surface area (Å²) in [6, 6.07) is 5.70. The Bertz CT molecular complexity index is 647. The second-order valence-corrected chi connectivity index (χ2v) is 4.25. The molecule has 1 heterocycles. The molecule has 5 heteroatoms. The summed E-state index contributed by atoms with van der Waals surface area (Å²) in [5.74, 6) is 2.44. The van der Waals surface area contributed by atoms with Gasteiger partial charge in [-0.15, -0.1) is 0 Å². The fourth-order valence-electron chi connectivity index (χ4n) is 1.97. The number of pyridine rings is 1. The molecule has 2 aromatic rings. The van der Waals surface area contributed by atoms with E-state index in [1.165, 1.54) is 0 Å². The summed E-state index contributed by atoms with van der Waals surface area (Å²) < 4.78 is 10.6. The van der Waals surface area contributed by atoms with Gasteiger partial charge in [0.05, 0.1) is 20.1 Å². The highest BCUT2D eigenvalue weighted by Gasteiger charge is 2.09. The second kappa shape index (κ2) is 5.14. The lowest BCUT2D eigenvalue weighted by molar-refractivity contribution is 0.356. The lowest BCUT2D eigenvalue weighted by Crippen LogP contribution is -2.04. The van der Waals surface area contributed by atoms with Crippen LogP contribution in [0, 0.1) is 6.92 Å². The van der Waals surface area contributed by atoms with Crippen molar-refractivity contribution in [3.63, 3.8) is 0 Å². The monoisotopic (exact) mass is 259 g/mol. The Kier molecular flexibility index (Phi) is 3.55. The molecule has 19 heavy (non-hydrogen) atoms. The van der Waals surface area contributed by atoms with Crippen molar-refractivity contribution in [3.05, 3.63) is 23.9 Å². The minimum absolute atomic E-state index is 0.478. The number of ether oxygens (including phenoxy) is 2. The maximum atomic E-state index is 5.59. The summed E-state index contributed by atoms with van der Waals surface area (Å²) in [5.41, 5.74) is 6.46. The molecule has 0 radical (unpaired) electrons. The maximum Gasteiger partial charge on any atom is 0.161 e. The molecule has 1 aromatic heterocycles. The molecule has 0 saturated heterocycles. The van der Waals surface area contributed by atoms with Gasteiger partial charge in [-0.05, 0) is 37.4 Å². The van der Waals surface area contributed by atoms with Crippen molar-refractivity contribution in [2.45, 2.75) is 13.8 Å². The SMILES string of the molecule is COc1cc2cc(/N=C(/C)N)nc(C)c2cc1OC. The molecule has 1 aromatic carbocycles. The van der Waals surface area contributed by atoms with E-state index in [0.717, 1.165) is 16.5 Å². The molecule has 0 saturated carbocycles. The number of nitrogens with two attached hydrogens (primary N) is 1. The lowest BCUT2D eigenvalue weighted by Gasteiger charge is -2.10. The van der Waals surface area contributed by atoms with Crippen LogP contribution in [0.25, 0.3) is 10.8 Å². The van der Waals surface area contributed by atoms with Crippen LogP contribution in [0.5, 0.6) is 11.5 Å². The lowest BCUT2D eigenvalue weighted by atomic mass is 10.1. The molecule has 0 atom stereocenters. The average Bonchev–Trinajstić information content (AvgIpc) is 2.36. The smallest absolute Gasteiger partial charge is 0.161 e. The quantitative estimate of drug-likeness (QED) is 0.679. The molecule has 0 fully saturated rings. The van der Waals surface area contributed by atoms with E-state index >= 15 is 0 Å². The minimum atomic E-state index is 0.478. The predicted octanol–water partition coefficient (Wildman–Crippen LogP) is 2.57. The number of aliphatic imine (C=N–C) groups is 1. The van der Waals surface area contributed by atoms with Crippen molar-refractivity contribution in [3.8, 4) is 11.5 Å². The Hall–Kier alpha value is -2.30. The van der Waals surface area contributed by atoms with Crippen molar-refractivity contribution in [2.75, 3.05) is 14.2 Å². The summed E-state index contributed by atoms with van der Waals surface area (Å²) in [6.45, 7) is 3.66. The fraction of sp³-hybridized carbons (Fsp3) is 0.286. The van der Waals surface area contributed by atoms with Crippen molar-refractivity contribution < 1.29 is 9.47 Å². The Balaban J connectivity index is 2.70. The summed E-state index contributed by atoms with van der Waals surface area (Å²) in [4.78, 5) is 8.59. The number of amidine groups is 1. The van der Waals surface area contributed by atoms with E-state index in [9.17, 15) is 0 Å². The second-order valence-electron chi connectivity index (χ2n) is 4.25. The Morgan fingerprint density at radius 3 is 2.37 bits per heavy atom. The van der Waals surface area contributed by atoms with Crippen LogP contribution in [0.4, 0.5) is 5.82 Å². The van der Waals surface area contributed by atoms with Crippen molar-refractivity contribution in [1.29, 1.82) is 0 Å². The average molecular weight is 259 g/mol. The van der Waals surface area contributed by atoms with Gasteiger partial charge in [0.15, 0.2) is 17.3 Å². The molecule has 0 aliphatic rings. The van der Waals surface area contributed by atoms with Gasteiger partial charge < -0.3 is 15.2 Å². The largest absolute Gasteiger partial charge is 0.493 e. The molecule has 0 spiro atoms. The summed E-state index contributed by atoms with van der Waals surface area (Å²) in [5, 5.41) is 2.00. The molecule has 2 N–H and O–H groups in total. The minimum Gasteiger partial charge on any atom is -0.493 e. The van der Waals surface area contributed by atoms with Gasteiger partial charge in [-0.3, -0.25) is 0 Å². The van der Waals surface area contributed by atoms with E-state index in [2.05, 4.69) is 9.98 Å². The van der Waals surface area contributed by atoms with E-state index < -0.39 is 0 Å². The number of methoxy groups -OCH3 is 2. The predicted molar refractivity (Wildman–Crippen MR) is 76.5 cm³/mol. The Morgan fingerprint density at radius 1 is 1.16 bits per heavy atom. The molecular formula is C14H17N3O2. The molecule has 0 aliphatic heterocycles. The highest BCUT2D eigenvalue weighted by molar-refractivity contribution is 5.90. The Morgan fingerprint density at radius 2 is 1.79 bits per heavy atom. The number of aryl methyl sites for hydroxylation is 1. The van der Waals surface area contributed by atoms with E-state index in [-0.39, 0.29) is 0 Å². The van der Waals surface area contributed by atoms with Crippen LogP contribution < -0.4 is 15.2 Å². The summed E-state index contributed by atoms with van der Waals surface area (Å²) >= 11 is 0. The van der Waals surface area contributed by atoms with E-state index in [1.54, 1.807) is 21.1 Å². The van der Waals surface area contributed by atoms with Gasteiger partial charge in [0.1, 0.15) is 0 Å². The van der Waals surface area contributed by atoms with E-state index in [0.29, 0.717) is 23.2 Å². The number of rotatable bonds is 3. The molecule has 0 aliphatic carbocycles. The molecule has 100 valence electrons. The van der Waals surface area contributed by atoms with Crippen molar-refractivity contribution in [1.82, 2.24) is 4.98 Å². The molecule has 0 amide bonds. The number of fused-ring (bicyclic) bond motifs is 1. The first-order valence-corrected chi connectivity index (χ1v) is 5.89. The van der Waals surface area contributed by atoms with Crippen LogP contribution in [-0.4, -0.2) is 25.0 Å². The third-order valence-corrected chi connectivity index (χ3v) is 2.80. The first kappa shape index (κ1) is 13.1. The van der Waals surface area contributed by atoms with Crippen LogP contribution >= 0.6 is 0 Å². The number of hydrogen-bond donors (Lipinski definition) is 1. The zero-order chi connectivity index (χ0) is 14.0. The number of benzene rings is 1. The van der Waals surface area contributed by atoms with E-state index in [4.69, 9.17) is 15.2 Å². The molecule has 0 unspecified atom stereocenters. The van der Waals surface area contributed by atoms with Gasteiger partial charge in [0, 0.05) is 11.1 Å². The number of nitrogens with zero attached hydrogens (tertiary/aromatic N) is 2. The Labute approximate surface area is 112 Å². The van der Waals surface area contributed by atoms with Crippen LogP contribution in [0.2, 0.25) is 0 Å². The van der Waals surface area contributed by atoms with Gasteiger partial charge >= 0.3 is 0 Å². The van der Waals surface area contributed by atoms with Crippen molar-refractivity contribution >= 4 is 22.4 Å². The van der Waals surface area contributed by atoms with Gasteiger partial charge in [-0.25, -0.2) is 9.98 Å². The van der Waals surface area contributed by atoms with Crippen LogP contribution in [-0.2, 0) is 0 Å². The molecule has 5 nitrogen and oxygen atoms in total. The van der Waals surface area contributed by atoms with Crippen molar-refractivity contribution in [2.24, 2.45) is 10.7 Å². The number of aromatic nitrogens is 1. The molecule has 2 rings (SSSR count). The third-order valence-electron chi connectivity index (χ3n) is 2.80. The summed E-state index contributed by atoms with van der Waals surface area (Å²) in [6.07, 6.45) is 0. The first-order chi connectivity index (χ1) is 9.05. The maximum absolute atomic E-state index is 5.59. The van der Waals surface area contributed by atoms with Gasteiger partial charge in [-0.2, -0.15) is 0 Å². The highest BCUT2D eigenvalue weighted by Crippen LogP contribution is 2.34. The number of hydrogen-bond acceptors (Lipinski definition) is 4. The summed E-state index contributed by atoms with van der Waals surface area (Å²) in [7, 11) is 3.23. The standard InChI is InChI=1S/C14H17N3O2/c1-8-11-7-13(19-4)12(18-3)5-10(11)6-14(16-8)17-9(2)15/h5-7H,1-4H3,(H2,15,16,17). The van der Waals surface area contributed by atoms with Gasteiger partial charge in [-0.1, -0.05) is 0 Å². The first-order valence-electron chi connectivity index (χ1n) is 5.89. The van der Waals surface area contributed by atoms with Crippen LogP contribution in [0.15, 0.2) is 23.2 Å². The van der Waals surface area contributed by atoms with Crippen LogP contribution in [0.1, 0.15) is 12.6 Å². The van der Waals surface area contributed by atoms with Crippen LogP contribution in [0.3, 0.4) is 0 Å². The zero-order valence-electron chi connectivity index (χ0n) is 11.5. The topological polar surface area (TPSA) is 69.7 Å². The third kappa shape index (κ3) is 2.59. The highest BCUT2D eigenvalue weighted by atomic mass is 16.5. The van der Waals surface area contributed by atoms with Gasteiger partial charge in [0.2, 0.25) is 0 Å². The fourth-order valence-corrected chi connectivity index (χ4v) is 1.97. The molecular weight excluding hydrogens is 242 g/mol.